The minimum atomic E-state index is -0.0677. The van der Waals surface area contributed by atoms with Crippen molar-refractivity contribution in [1.29, 1.82) is 0 Å². The van der Waals surface area contributed by atoms with E-state index in [2.05, 4.69) is 60.7 Å². The molecular weight excluding hydrogens is 450 g/mol. The van der Waals surface area contributed by atoms with Crippen molar-refractivity contribution in [2.24, 2.45) is 0 Å². The first kappa shape index (κ1) is 25.1. The molecule has 3 N–H and O–H groups in total. The Bertz CT molecular complexity index is 1270. The van der Waals surface area contributed by atoms with E-state index in [0.29, 0.717) is 19.5 Å². The van der Waals surface area contributed by atoms with Crippen LogP contribution in [0.2, 0.25) is 0 Å². The number of nitrogens with zero attached hydrogens (tertiary/aromatic N) is 3. The minimum absolute atomic E-state index is 0.0677. The number of hydrogen-bond donors (Lipinski definition) is 3. The summed E-state index contributed by atoms with van der Waals surface area (Å²) in [5.41, 5.74) is 6.08. The molecule has 0 fully saturated rings. The lowest BCUT2D eigenvalue weighted by molar-refractivity contribution is -0.120. The highest BCUT2D eigenvalue weighted by Gasteiger charge is 2.15. The maximum Gasteiger partial charge on any atom is 0.233 e. The van der Waals surface area contributed by atoms with Crippen LogP contribution in [0.1, 0.15) is 37.6 Å². The van der Waals surface area contributed by atoms with Gasteiger partial charge in [0.25, 0.3) is 0 Å². The highest BCUT2D eigenvalue weighted by molar-refractivity contribution is 5.78. The van der Waals surface area contributed by atoms with E-state index in [0.717, 1.165) is 28.2 Å². The van der Waals surface area contributed by atoms with Crippen LogP contribution < -0.4 is 10.6 Å². The van der Waals surface area contributed by atoms with Crippen LogP contribution in [-0.2, 0) is 23.2 Å². The zero-order valence-corrected chi connectivity index (χ0v) is 21.0. The number of benzene rings is 2. The molecule has 0 atom stereocenters. The largest absolute Gasteiger partial charge is 0.508 e. The van der Waals surface area contributed by atoms with Crippen molar-refractivity contribution >= 4 is 5.91 Å². The predicted molar refractivity (Wildman–Crippen MR) is 142 cm³/mol. The van der Waals surface area contributed by atoms with E-state index in [9.17, 15) is 9.90 Å². The first-order valence-electron chi connectivity index (χ1n) is 12.2. The monoisotopic (exact) mass is 483 g/mol. The first-order chi connectivity index (χ1) is 17.3. The van der Waals surface area contributed by atoms with Crippen LogP contribution in [0.15, 0.2) is 79.1 Å². The Labute approximate surface area is 212 Å². The molecule has 36 heavy (non-hydrogen) atoms. The first-order valence-corrected chi connectivity index (χ1v) is 12.2. The van der Waals surface area contributed by atoms with Gasteiger partial charge in [0, 0.05) is 31.0 Å². The summed E-state index contributed by atoms with van der Waals surface area (Å²) >= 11 is 0. The van der Waals surface area contributed by atoms with Gasteiger partial charge in [0.05, 0.1) is 23.6 Å². The van der Waals surface area contributed by atoms with Crippen LogP contribution in [0.5, 0.6) is 5.75 Å². The molecule has 7 nitrogen and oxygen atoms in total. The van der Waals surface area contributed by atoms with E-state index in [-0.39, 0.29) is 23.6 Å². The molecule has 0 aliphatic rings. The Balaban J connectivity index is 1.41. The van der Waals surface area contributed by atoms with E-state index in [4.69, 9.17) is 5.10 Å². The second kappa shape index (κ2) is 11.2. The number of carbonyl (C=O) groups is 1. The number of amides is 1. The standard InChI is InChI=1S/C29H33N5O2/c1-29(2,3)23-8-10-24(11-9-23)34-25(17-27(33-34)22-5-4-15-30-18-22)19-31-20-28(36)32-16-14-21-6-12-26(35)13-7-21/h4-13,15,17-18,31,35H,14,16,19-20H2,1-3H3,(H,32,36). The fourth-order valence-corrected chi connectivity index (χ4v) is 3.90. The van der Waals surface area contributed by atoms with Crippen LogP contribution in [0.3, 0.4) is 0 Å². The van der Waals surface area contributed by atoms with Gasteiger partial charge in [0.15, 0.2) is 0 Å². The molecule has 1 amide bonds. The summed E-state index contributed by atoms with van der Waals surface area (Å²) in [6.07, 6.45) is 4.25. The third kappa shape index (κ3) is 6.58. The third-order valence-electron chi connectivity index (χ3n) is 5.98. The molecule has 0 bridgehead atoms. The topological polar surface area (TPSA) is 92.1 Å². The number of phenols is 1. The maximum atomic E-state index is 12.3. The molecule has 4 rings (SSSR count). The molecule has 0 aliphatic carbocycles. The van der Waals surface area contributed by atoms with Gasteiger partial charge in [-0.05, 0) is 65.4 Å². The van der Waals surface area contributed by atoms with Crippen LogP contribution in [0.4, 0.5) is 0 Å². The quantitative estimate of drug-likeness (QED) is 0.329. The average Bonchev–Trinajstić information content (AvgIpc) is 3.29. The lowest BCUT2D eigenvalue weighted by Gasteiger charge is -2.19. The van der Waals surface area contributed by atoms with E-state index in [1.54, 1.807) is 24.5 Å². The molecule has 0 spiro atoms. The Morgan fingerprint density at radius 1 is 1.03 bits per heavy atom. The summed E-state index contributed by atoms with van der Waals surface area (Å²) in [6.45, 7) is 7.81. The van der Waals surface area contributed by atoms with Gasteiger partial charge in [-0.3, -0.25) is 9.78 Å². The SMILES string of the molecule is CC(C)(C)c1ccc(-n2nc(-c3cccnc3)cc2CNCC(=O)NCCc2ccc(O)cc2)cc1. The van der Waals surface area contributed by atoms with Gasteiger partial charge in [-0.25, -0.2) is 4.68 Å². The molecule has 7 heteroatoms. The summed E-state index contributed by atoms with van der Waals surface area (Å²) in [4.78, 5) is 16.6. The Morgan fingerprint density at radius 2 is 1.78 bits per heavy atom. The van der Waals surface area contributed by atoms with Crippen molar-refractivity contribution in [3.8, 4) is 22.7 Å². The number of hydrogen-bond acceptors (Lipinski definition) is 5. The molecule has 2 aromatic carbocycles. The summed E-state index contributed by atoms with van der Waals surface area (Å²) in [5, 5.41) is 20.4. The van der Waals surface area contributed by atoms with Crippen molar-refractivity contribution in [1.82, 2.24) is 25.4 Å². The van der Waals surface area contributed by atoms with Crippen molar-refractivity contribution in [3.63, 3.8) is 0 Å². The Morgan fingerprint density at radius 3 is 2.44 bits per heavy atom. The Kier molecular flexibility index (Phi) is 7.80. The molecule has 2 heterocycles. The molecule has 0 saturated carbocycles. The second-order valence-electron chi connectivity index (χ2n) is 9.84. The lowest BCUT2D eigenvalue weighted by atomic mass is 9.87. The van der Waals surface area contributed by atoms with E-state index < -0.39 is 0 Å². The molecule has 0 unspecified atom stereocenters. The summed E-state index contributed by atoms with van der Waals surface area (Å²) in [5.74, 6) is 0.171. The van der Waals surface area contributed by atoms with Gasteiger partial charge >= 0.3 is 0 Å². The lowest BCUT2D eigenvalue weighted by Crippen LogP contribution is -2.35. The molecule has 0 aliphatic heterocycles. The van der Waals surface area contributed by atoms with E-state index in [1.165, 1.54) is 5.56 Å². The number of rotatable bonds is 9. The zero-order valence-electron chi connectivity index (χ0n) is 21.0. The Hall–Kier alpha value is -3.97. The van der Waals surface area contributed by atoms with Crippen molar-refractivity contribution in [2.75, 3.05) is 13.1 Å². The van der Waals surface area contributed by atoms with E-state index in [1.807, 2.05) is 35.0 Å². The van der Waals surface area contributed by atoms with Gasteiger partial charge in [0.2, 0.25) is 5.91 Å². The van der Waals surface area contributed by atoms with Crippen molar-refractivity contribution in [2.45, 2.75) is 39.2 Å². The fourth-order valence-electron chi connectivity index (χ4n) is 3.90. The number of pyridine rings is 1. The molecule has 186 valence electrons. The second-order valence-corrected chi connectivity index (χ2v) is 9.84. The zero-order chi connectivity index (χ0) is 25.5. The summed E-state index contributed by atoms with van der Waals surface area (Å²) in [7, 11) is 0. The third-order valence-corrected chi connectivity index (χ3v) is 5.98. The van der Waals surface area contributed by atoms with Crippen LogP contribution >= 0.6 is 0 Å². The number of aromatic nitrogens is 3. The number of carbonyl (C=O) groups excluding carboxylic acids is 1. The molecular formula is C29H33N5O2. The van der Waals surface area contributed by atoms with Gasteiger partial charge in [-0.15, -0.1) is 0 Å². The summed E-state index contributed by atoms with van der Waals surface area (Å²) < 4.78 is 1.92. The van der Waals surface area contributed by atoms with Gasteiger partial charge in [0.1, 0.15) is 5.75 Å². The van der Waals surface area contributed by atoms with Gasteiger partial charge in [-0.1, -0.05) is 45.0 Å². The number of aromatic hydroxyl groups is 1. The highest BCUT2D eigenvalue weighted by Crippen LogP contribution is 2.25. The molecule has 2 aromatic heterocycles. The van der Waals surface area contributed by atoms with Crippen molar-refractivity contribution < 1.29 is 9.90 Å². The highest BCUT2D eigenvalue weighted by atomic mass is 16.3. The van der Waals surface area contributed by atoms with Crippen LogP contribution in [0.25, 0.3) is 16.9 Å². The maximum absolute atomic E-state index is 12.3. The number of phenolic OH excluding ortho intramolecular Hbond substituents is 1. The molecule has 0 radical (unpaired) electrons. The minimum Gasteiger partial charge on any atom is -0.508 e. The van der Waals surface area contributed by atoms with Gasteiger partial charge < -0.3 is 15.7 Å². The van der Waals surface area contributed by atoms with Crippen molar-refractivity contribution in [3.05, 3.63) is 95.9 Å². The number of nitrogens with one attached hydrogen (secondary N) is 2. The van der Waals surface area contributed by atoms with Crippen LogP contribution in [-0.4, -0.2) is 38.9 Å². The van der Waals surface area contributed by atoms with Crippen LogP contribution in [0, 0.1) is 0 Å². The normalized spacial score (nSPS) is 11.4. The summed E-state index contributed by atoms with van der Waals surface area (Å²) in [6, 6.07) is 21.4. The average molecular weight is 484 g/mol. The van der Waals surface area contributed by atoms with E-state index >= 15 is 0 Å². The smallest absolute Gasteiger partial charge is 0.233 e. The van der Waals surface area contributed by atoms with Gasteiger partial charge in [-0.2, -0.15) is 5.10 Å². The molecule has 0 saturated heterocycles. The molecule has 4 aromatic rings. The predicted octanol–water partition coefficient (Wildman–Crippen LogP) is 4.39. The fraction of sp³-hybridized carbons (Fsp3) is 0.276.